The zero-order valence-corrected chi connectivity index (χ0v) is 17.6. The van der Waals surface area contributed by atoms with Crippen molar-refractivity contribution in [3.8, 4) is 11.5 Å². The summed E-state index contributed by atoms with van der Waals surface area (Å²) >= 11 is 0. The van der Waals surface area contributed by atoms with Crippen molar-refractivity contribution >= 4 is 11.9 Å². The molecule has 0 aromatic heterocycles. The van der Waals surface area contributed by atoms with Gasteiger partial charge in [0.2, 0.25) is 0 Å². The van der Waals surface area contributed by atoms with E-state index in [4.69, 9.17) is 9.47 Å². The van der Waals surface area contributed by atoms with Gasteiger partial charge in [-0.05, 0) is 31.0 Å². The molecular weight excluding hydrogens is 390 g/mol. The highest BCUT2D eigenvalue weighted by molar-refractivity contribution is 5.88. The Hall–Kier alpha value is -3.60. The molecule has 158 valence electrons. The lowest BCUT2D eigenvalue weighted by Crippen LogP contribution is -2.33. The van der Waals surface area contributed by atoms with Gasteiger partial charge in [-0.1, -0.05) is 73.2 Å². The maximum absolute atomic E-state index is 13.0. The Bertz CT molecular complexity index is 1050. The fourth-order valence-corrected chi connectivity index (χ4v) is 3.84. The summed E-state index contributed by atoms with van der Waals surface area (Å²) in [6.07, 6.45) is 0.740. The van der Waals surface area contributed by atoms with E-state index in [0.717, 1.165) is 28.7 Å². The Labute approximate surface area is 182 Å². The van der Waals surface area contributed by atoms with Gasteiger partial charge in [0.15, 0.2) is 6.61 Å². The summed E-state index contributed by atoms with van der Waals surface area (Å²) in [6.45, 7) is 3.70. The van der Waals surface area contributed by atoms with Gasteiger partial charge in [0.25, 0.3) is 5.91 Å². The van der Waals surface area contributed by atoms with Crippen LogP contribution in [0.15, 0.2) is 72.8 Å². The number of hydrogen-bond donors (Lipinski definition) is 1. The number of amides is 1. The van der Waals surface area contributed by atoms with Crippen LogP contribution in [0, 0.1) is 6.92 Å². The second-order valence-electron chi connectivity index (χ2n) is 7.66. The SMILES string of the molecule is CC[C@H](NC(=O)COC(=O)C1c2ccccc2Oc2ccccc21)c1ccc(C)cc1. The van der Waals surface area contributed by atoms with E-state index in [1.54, 1.807) is 0 Å². The molecule has 1 aliphatic rings. The molecule has 0 saturated heterocycles. The third-order valence-corrected chi connectivity index (χ3v) is 5.48. The second kappa shape index (κ2) is 9.04. The lowest BCUT2D eigenvalue weighted by molar-refractivity contribution is -0.149. The molecule has 31 heavy (non-hydrogen) atoms. The quantitative estimate of drug-likeness (QED) is 0.573. The average Bonchev–Trinajstić information content (AvgIpc) is 2.80. The zero-order chi connectivity index (χ0) is 21.8. The molecule has 1 aliphatic heterocycles. The highest BCUT2D eigenvalue weighted by Crippen LogP contribution is 2.44. The molecule has 1 N–H and O–H groups in total. The number of esters is 1. The fraction of sp³-hybridized carbons (Fsp3) is 0.231. The number of fused-ring (bicyclic) bond motifs is 2. The number of hydrogen-bond acceptors (Lipinski definition) is 4. The highest BCUT2D eigenvalue weighted by Gasteiger charge is 2.33. The summed E-state index contributed by atoms with van der Waals surface area (Å²) in [6, 6.07) is 22.7. The second-order valence-corrected chi connectivity index (χ2v) is 7.66. The molecule has 5 nitrogen and oxygen atoms in total. The van der Waals surface area contributed by atoms with Crippen LogP contribution >= 0.6 is 0 Å². The summed E-state index contributed by atoms with van der Waals surface area (Å²) < 4.78 is 11.4. The Morgan fingerprint density at radius 1 is 0.935 bits per heavy atom. The molecule has 0 fully saturated rings. The van der Waals surface area contributed by atoms with Crippen molar-refractivity contribution in [3.05, 3.63) is 95.1 Å². The van der Waals surface area contributed by atoms with Crippen LogP contribution in [-0.4, -0.2) is 18.5 Å². The molecule has 4 rings (SSSR count). The predicted molar refractivity (Wildman–Crippen MR) is 118 cm³/mol. The van der Waals surface area contributed by atoms with Crippen molar-refractivity contribution < 1.29 is 19.1 Å². The largest absolute Gasteiger partial charge is 0.457 e. The average molecular weight is 415 g/mol. The molecule has 3 aromatic carbocycles. The van der Waals surface area contributed by atoms with E-state index >= 15 is 0 Å². The first-order chi connectivity index (χ1) is 15.1. The molecule has 0 aliphatic carbocycles. The van der Waals surface area contributed by atoms with Gasteiger partial charge in [0, 0.05) is 11.1 Å². The van der Waals surface area contributed by atoms with Gasteiger partial charge in [-0.15, -0.1) is 0 Å². The number of benzene rings is 3. The van der Waals surface area contributed by atoms with Crippen LogP contribution in [0.5, 0.6) is 11.5 Å². The zero-order valence-electron chi connectivity index (χ0n) is 17.6. The van der Waals surface area contributed by atoms with Crippen LogP contribution < -0.4 is 10.1 Å². The van der Waals surface area contributed by atoms with Crippen LogP contribution in [0.4, 0.5) is 0 Å². The van der Waals surface area contributed by atoms with E-state index in [2.05, 4.69) is 5.32 Å². The molecular formula is C26H25NO4. The van der Waals surface area contributed by atoms with Crippen molar-refractivity contribution in [2.24, 2.45) is 0 Å². The Kier molecular flexibility index (Phi) is 6.03. The van der Waals surface area contributed by atoms with E-state index in [0.29, 0.717) is 11.5 Å². The van der Waals surface area contributed by atoms with Crippen molar-refractivity contribution in [3.63, 3.8) is 0 Å². The Balaban J connectivity index is 1.45. The summed E-state index contributed by atoms with van der Waals surface area (Å²) in [5.74, 6) is -0.180. The standard InChI is InChI=1S/C26H25NO4/c1-3-21(18-14-12-17(2)13-15-18)27-24(28)16-30-26(29)25-19-8-4-6-10-22(19)31-23-11-7-5-9-20(23)25/h4-15,21,25H,3,16H2,1-2H3,(H,27,28)/t21-/m0/s1. The van der Waals surface area contributed by atoms with E-state index < -0.39 is 11.9 Å². The number of rotatable bonds is 6. The first kappa shape index (κ1) is 20.7. The normalized spacial score (nSPS) is 13.4. The number of carbonyl (C=O) groups is 2. The summed E-state index contributed by atoms with van der Waals surface area (Å²) in [4.78, 5) is 25.6. The third kappa shape index (κ3) is 4.45. The third-order valence-electron chi connectivity index (χ3n) is 5.48. The maximum Gasteiger partial charge on any atom is 0.318 e. The van der Waals surface area contributed by atoms with Gasteiger partial charge in [-0.2, -0.15) is 0 Å². The van der Waals surface area contributed by atoms with Gasteiger partial charge >= 0.3 is 5.97 Å². The van der Waals surface area contributed by atoms with Gasteiger partial charge in [0.05, 0.1) is 6.04 Å². The van der Waals surface area contributed by atoms with Crippen molar-refractivity contribution in [2.45, 2.75) is 32.2 Å². The minimum atomic E-state index is -0.631. The number of carbonyl (C=O) groups excluding carboxylic acids is 2. The summed E-state index contributed by atoms with van der Waals surface area (Å²) in [7, 11) is 0. The smallest absolute Gasteiger partial charge is 0.318 e. The lowest BCUT2D eigenvalue weighted by Gasteiger charge is -2.26. The minimum Gasteiger partial charge on any atom is -0.457 e. The highest BCUT2D eigenvalue weighted by atomic mass is 16.5. The molecule has 1 amide bonds. The van der Waals surface area contributed by atoms with E-state index in [-0.39, 0.29) is 18.6 Å². The van der Waals surface area contributed by atoms with Crippen molar-refractivity contribution in [2.75, 3.05) is 6.61 Å². The lowest BCUT2D eigenvalue weighted by atomic mass is 9.88. The summed E-state index contributed by atoms with van der Waals surface area (Å²) in [5, 5.41) is 2.96. The van der Waals surface area contributed by atoms with Crippen LogP contribution in [0.3, 0.4) is 0 Å². The van der Waals surface area contributed by atoms with Crippen LogP contribution in [0.1, 0.15) is 47.6 Å². The number of para-hydroxylation sites is 2. The maximum atomic E-state index is 13.0. The number of ether oxygens (including phenoxy) is 2. The predicted octanol–water partition coefficient (Wildman–Crippen LogP) is 5.04. The Morgan fingerprint density at radius 3 is 2.10 bits per heavy atom. The fourth-order valence-electron chi connectivity index (χ4n) is 3.84. The first-order valence-electron chi connectivity index (χ1n) is 10.4. The summed E-state index contributed by atoms with van der Waals surface area (Å²) in [5.41, 5.74) is 3.66. The molecule has 0 unspecified atom stereocenters. The monoisotopic (exact) mass is 415 g/mol. The van der Waals surface area contributed by atoms with Gasteiger partial charge in [0.1, 0.15) is 17.4 Å². The minimum absolute atomic E-state index is 0.128. The van der Waals surface area contributed by atoms with E-state index in [1.807, 2.05) is 86.6 Å². The van der Waals surface area contributed by atoms with Crippen LogP contribution in [0.25, 0.3) is 0 Å². The van der Waals surface area contributed by atoms with E-state index in [1.165, 1.54) is 0 Å². The number of nitrogens with one attached hydrogen (secondary N) is 1. The van der Waals surface area contributed by atoms with Gasteiger partial charge < -0.3 is 14.8 Å². The first-order valence-corrected chi connectivity index (χ1v) is 10.4. The molecule has 0 saturated carbocycles. The number of aryl methyl sites for hydroxylation is 1. The van der Waals surface area contributed by atoms with Crippen LogP contribution in [-0.2, 0) is 14.3 Å². The molecule has 0 bridgehead atoms. The topological polar surface area (TPSA) is 64.6 Å². The van der Waals surface area contributed by atoms with Crippen molar-refractivity contribution in [1.29, 1.82) is 0 Å². The molecule has 0 radical (unpaired) electrons. The molecule has 0 spiro atoms. The molecule has 5 heteroatoms. The van der Waals surface area contributed by atoms with Gasteiger partial charge in [-0.3, -0.25) is 9.59 Å². The van der Waals surface area contributed by atoms with Gasteiger partial charge in [-0.25, -0.2) is 0 Å². The van der Waals surface area contributed by atoms with Crippen LogP contribution in [0.2, 0.25) is 0 Å². The molecule has 3 aromatic rings. The van der Waals surface area contributed by atoms with E-state index in [9.17, 15) is 9.59 Å². The Morgan fingerprint density at radius 2 is 1.52 bits per heavy atom. The molecule has 1 heterocycles. The molecule has 1 atom stereocenters. The van der Waals surface area contributed by atoms with Crippen molar-refractivity contribution in [1.82, 2.24) is 5.32 Å².